The molecule has 33 heavy (non-hydrogen) atoms. The highest BCUT2D eigenvalue weighted by molar-refractivity contribution is 8.15. The lowest BCUT2D eigenvalue weighted by Gasteiger charge is -2.34. The maximum Gasteiger partial charge on any atom is 0.243 e. The predicted molar refractivity (Wildman–Crippen MR) is 141 cm³/mol. The number of ether oxygens (including phenoxy) is 1. The molecule has 2 aliphatic rings. The minimum Gasteiger partial charge on any atom is -0.437 e. The molecular formula is C27H38N4OS. The molecule has 0 spiro atoms. The topological polar surface area (TPSA) is 49.8 Å². The lowest BCUT2D eigenvalue weighted by atomic mass is 9.86. The third-order valence-electron chi connectivity index (χ3n) is 6.25. The number of hydrogen-bond acceptors (Lipinski definition) is 6. The summed E-state index contributed by atoms with van der Waals surface area (Å²) in [6.45, 7) is 17.0. The van der Waals surface area contributed by atoms with E-state index in [1.807, 2.05) is 36.0 Å². The SMILES string of the molecule is CC(C)(C)CCN1CCC2N=C(Nc3cccnc3Oc3ccccc3C(C)(C)C)SC2C1. The summed E-state index contributed by atoms with van der Waals surface area (Å²) in [5.74, 6) is 1.43. The number of pyridine rings is 1. The fourth-order valence-corrected chi connectivity index (χ4v) is 5.57. The zero-order valence-electron chi connectivity index (χ0n) is 20.9. The van der Waals surface area contributed by atoms with Crippen LogP contribution < -0.4 is 10.1 Å². The first-order valence-corrected chi connectivity index (χ1v) is 12.9. The molecule has 2 aromatic rings. The molecule has 1 saturated heterocycles. The van der Waals surface area contributed by atoms with Crippen LogP contribution in [-0.4, -0.2) is 46.0 Å². The Morgan fingerprint density at radius 1 is 1.09 bits per heavy atom. The predicted octanol–water partition coefficient (Wildman–Crippen LogP) is 6.57. The van der Waals surface area contributed by atoms with Crippen molar-refractivity contribution in [3.05, 3.63) is 48.2 Å². The smallest absolute Gasteiger partial charge is 0.243 e. The number of para-hydroxylation sites is 1. The van der Waals surface area contributed by atoms with Gasteiger partial charge in [-0.3, -0.25) is 4.99 Å². The van der Waals surface area contributed by atoms with Gasteiger partial charge >= 0.3 is 0 Å². The van der Waals surface area contributed by atoms with Gasteiger partial charge in [0.25, 0.3) is 0 Å². The second kappa shape index (κ2) is 9.67. The van der Waals surface area contributed by atoms with Crippen molar-refractivity contribution < 1.29 is 4.74 Å². The molecule has 1 fully saturated rings. The zero-order valence-corrected chi connectivity index (χ0v) is 21.7. The molecule has 3 heterocycles. The number of fused-ring (bicyclic) bond motifs is 1. The summed E-state index contributed by atoms with van der Waals surface area (Å²) >= 11 is 1.86. The minimum atomic E-state index is -0.0150. The Morgan fingerprint density at radius 3 is 2.64 bits per heavy atom. The zero-order chi connectivity index (χ0) is 23.6. The maximum atomic E-state index is 6.33. The molecule has 0 aliphatic carbocycles. The largest absolute Gasteiger partial charge is 0.437 e. The molecular weight excluding hydrogens is 428 g/mol. The molecule has 0 saturated carbocycles. The monoisotopic (exact) mass is 466 g/mol. The number of thioether (sulfide) groups is 1. The van der Waals surface area contributed by atoms with Crippen LogP contribution in [0.5, 0.6) is 11.6 Å². The van der Waals surface area contributed by atoms with Crippen LogP contribution in [0.1, 0.15) is 59.9 Å². The lowest BCUT2D eigenvalue weighted by molar-refractivity contribution is 0.192. The third kappa shape index (κ3) is 6.30. The van der Waals surface area contributed by atoms with E-state index in [0.29, 0.717) is 22.6 Å². The second-order valence-corrected chi connectivity index (χ2v) is 12.6. The number of rotatable bonds is 5. The summed E-state index contributed by atoms with van der Waals surface area (Å²) in [4.78, 5) is 12.2. The molecule has 1 N–H and O–H groups in total. The van der Waals surface area contributed by atoms with Crippen molar-refractivity contribution >= 4 is 22.6 Å². The van der Waals surface area contributed by atoms with Crippen molar-refractivity contribution in [2.24, 2.45) is 10.4 Å². The Hall–Kier alpha value is -2.05. The van der Waals surface area contributed by atoms with E-state index in [-0.39, 0.29) is 5.41 Å². The van der Waals surface area contributed by atoms with Crippen molar-refractivity contribution in [2.45, 2.75) is 71.1 Å². The summed E-state index contributed by atoms with van der Waals surface area (Å²) in [6, 6.07) is 12.6. The van der Waals surface area contributed by atoms with Gasteiger partial charge in [-0.05, 0) is 48.4 Å². The van der Waals surface area contributed by atoms with Gasteiger partial charge in [-0.2, -0.15) is 0 Å². The van der Waals surface area contributed by atoms with E-state index in [2.05, 4.69) is 68.9 Å². The molecule has 0 bridgehead atoms. The normalized spacial score (nSPS) is 21.5. The summed E-state index contributed by atoms with van der Waals surface area (Å²) < 4.78 is 6.33. The molecule has 0 amide bonds. The number of benzene rings is 1. The standard InChI is InChI=1S/C27H38N4OS/c1-26(2,3)14-17-31-16-13-20-23(18-31)33-25(29-20)30-21-11-9-15-28-24(21)32-22-12-8-7-10-19(22)27(4,5)6/h7-12,15,20,23H,13-14,16-18H2,1-6H3,(H,29,30). The number of aliphatic imine (C=N–C) groups is 1. The minimum absolute atomic E-state index is 0.0150. The van der Waals surface area contributed by atoms with E-state index >= 15 is 0 Å². The quantitative estimate of drug-likeness (QED) is 0.540. The van der Waals surface area contributed by atoms with Crippen LogP contribution >= 0.6 is 11.8 Å². The van der Waals surface area contributed by atoms with E-state index in [4.69, 9.17) is 9.73 Å². The number of nitrogens with zero attached hydrogens (tertiary/aromatic N) is 3. The third-order valence-corrected chi connectivity index (χ3v) is 7.44. The number of anilines is 1. The van der Waals surface area contributed by atoms with Gasteiger partial charge in [0.05, 0.1) is 6.04 Å². The van der Waals surface area contributed by atoms with E-state index in [9.17, 15) is 0 Å². The Kier molecular flexibility index (Phi) is 7.06. The van der Waals surface area contributed by atoms with Gasteiger partial charge in [-0.1, -0.05) is 71.5 Å². The van der Waals surface area contributed by atoms with Gasteiger partial charge in [0.1, 0.15) is 11.4 Å². The molecule has 2 unspecified atom stereocenters. The van der Waals surface area contributed by atoms with Gasteiger partial charge < -0.3 is 15.0 Å². The average Bonchev–Trinajstić information content (AvgIpc) is 3.14. The summed E-state index contributed by atoms with van der Waals surface area (Å²) in [5.41, 5.74) is 2.38. The van der Waals surface area contributed by atoms with Crippen molar-refractivity contribution in [1.29, 1.82) is 0 Å². The summed E-state index contributed by atoms with van der Waals surface area (Å²) in [6.07, 6.45) is 4.13. The van der Waals surface area contributed by atoms with Crippen LogP contribution in [0.2, 0.25) is 0 Å². The van der Waals surface area contributed by atoms with Crippen molar-refractivity contribution in [3.63, 3.8) is 0 Å². The summed E-state index contributed by atoms with van der Waals surface area (Å²) in [5, 5.41) is 5.02. The van der Waals surface area contributed by atoms with Gasteiger partial charge in [-0.25, -0.2) is 4.98 Å². The first kappa shape index (κ1) is 24.1. The first-order chi connectivity index (χ1) is 15.6. The first-order valence-electron chi connectivity index (χ1n) is 12.0. The molecule has 1 aromatic heterocycles. The highest BCUT2D eigenvalue weighted by Gasteiger charge is 2.36. The van der Waals surface area contributed by atoms with Crippen LogP contribution in [0.25, 0.3) is 0 Å². The van der Waals surface area contributed by atoms with Gasteiger partial charge in [0, 0.05) is 30.1 Å². The Bertz CT molecular complexity index is 992. The molecule has 2 aliphatic heterocycles. The van der Waals surface area contributed by atoms with Gasteiger partial charge in [-0.15, -0.1) is 0 Å². The van der Waals surface area contributed by atoms with E-state index in [0.717, 1.165) is 41.7 Å². The number of likely N-dealkylation sites (tertiary alicyclic amines) is 1. The number of piperidine rings is 1. The number of hydrogen-bond donors (Lipinski definition) is 1. The molecule has 2 atom stereocenters. The number of amidine groups is 1. The maximum absolute atomic E-state index is 6.33. The van der Waals surface area contributed by atoms with E-state index in [1.165, 1.54) is 13.0 Å². The van der Waals surface area contributed by atoms with Gasteiger partial charge in [0.15, 0.2) is 5.17 Å². The molecule has 1 aromatic carbocycles. The molecule has 5 nitrogen and oxygen atoms in total. The fraction of sp³-hybridized carbons (Fsp3) is 0.556. The molecule has 178 valence electrons. The number of aromatic nitrogens is 1. The van der Waals surface area contributed by atoms with Crippen LogP contribution in [-0.2, 0) is 5.41 Å². The van der Waals surface area contributed by atoms with Crippen LogP contribution in [0.15, 0.2) is 47.6 Å². The number of nitrogens with one attached hydrogen (secondary N) is 1. The average molecular weight is 467 g/mol. The van der Waals surface area contributed by atoms with Crippen LogP contribution in [0.3, 0.4) is 0 Å². The lowest BCUT2D eigenvalue weighted by Crippen LogP contribution is -2.43. The molecule has 6 heteroatoms. The van der Waals surface area contributed by atoms with E-state index < -0.39 is 0 Å². The van der Waals surface area contributed by atoms with Crippen molar-refractivity contribution in [2.75, 3.05) is 25.0 Å². The van der Waals surface area contributed by atoms with Crippen molar-refractivity contribution in [1.82, 2.24) is 9.88 Å². The Labute approximate surface area is 203 Å². The van der Waals surface area contributed by atoms with Crippen molar-refractivity contribution in [3.8, 4) is 11.6 Å². The highest BCUT2D eigenvalue weighted by Crippen LogP contribution is 2.38. The van der Waals surface area contributed by atoms with Crippen LogP contribution in [0.4, 0.5) is 5.69 Å². The highest BCUT2D eigenvalue weighted by atomic mass is 32.2. The fourth-order valence-electron chi connectivity index (χ4n) is 4.28. The van der Waals surface area contributed by atoms with E-state index in [1.54, 1.807) is 6.20 Å². The van der Waals surface area contributed by atoms with Gasteiger partial charge in [0.2, 0.25) is 5.88 Å². The Morgan fingerprint density at radius 2 is 1.88 bits per heavy atom. The Balaban J connectivity index is 1.43. The van der Waals surface area contributed by atoms with Crippen LogP contribution in [0, 0.1) is 5.41 Å². The second-order valence-electron chi connectivity index (χ2n) is 11.4. The molecule has 4 rings (SSSR count). The molecule has 0 radical (unpaired) electrons. The summed E-state index contributed by atoms with van der Waals surface area (Å²) in [7, 11) is 0.